The summed E-state index contributed by atoms with van der Waals surface area (Å²) in [4.78, 5) is 14.5. The highest BCUT2D eigenvalue weighted by atomic mass is 16.2. The fourth-order valence-corrected chi connectivity index (χ4v) is 3.01. The Morgan fingerprint density at radius 1 is 1.43 bits per heavy atom. The number of hydrogen-bond donors (Lipinski definition) is 2. The highest BCUT2D eigenvalue weighted by Crippen LogP contribution is 2.22. The molecule has 4 heteroatoms. The van der Waals surface area contributed by atoms with Gasteiger partial charge in [-0.25, -0.2) is 0 Å². The molecular weight excluding hydrogens is 262 g/mol. The van der Waals surface area contributed by atoms with E-state index >= 15 is 0 Å². The second kappa shape index (κ2) is 7.05. The zero-order chi connectivity index (χ0) is 15.4. The predicted octanol–water partition coefficient (Wildman–Crippen LogP) is 2.30. The van der Waals surface area contributed by atoms with Crippen LogP contribution in [0.1, 0.15) is 30.9 Å². The second-order valence-corrected chi connectivity index (χ2v) is 6.29. The van der Waals surface area contributed by atoms with E-state index in [-0.39, 0.29) is 5.91 Å². The number of nitrogens with zero attached hydrogens (tertiary/aromatic N) is 1. The normalized spacial score (nSPS) is 23.0. The number of likely N-dealkylation sites (tertiary alicyclic amines) is 1. The minimum Gasteiger partial charge on any atom is -0.329 e. The molecule has 1 fully saturated rings. The first-order chi connectivity index (χ1) is 10.0. The quantitative estimate of drug-likeness (QED) is 0.894. The smallest absolute Gasteiger partial charge is 0.238 e. The van der Waals surface area contributed by atoms with Gasteiger partial charge >= 0.3 is 0 Å². The Kier molecular flexibility index (Phi) is 5.37. The van der Waals surface area contributed by atoms with Crippen molar-refractivity contribution < 1.29 is 4.79 Å². The number of carbonyl (C=O) groups excluding carboxylic acids is 1. The summed E-state index contributed by atoms with van der Waals surface area (Å²) < 4.78 is 0. The van der Waals surface area contributed by atoms with Gasteiger partial charge in [-0.1, -0.05) is 19.1 Å². The monoisotopic (exact) mass is 289 g/mol. The molecule has 2 unspecified atom stereocenters. The third-order valence-electron chi connectivity index (χ3n) is 4.60. The largest absolute Gasteiger partial charge is 0.329 e. The van der Waals surface area contributed by atoms with Gasteiger partial charge in [-0.3, -0.25) is 9.69 Å². The molecular formula is C17H27N3O. The van der Waals surface area contributed by atoms with Crippen LogP contribution >= 0.6 is 0 Å². The molecule has 1 heterocycles. The average Bonchev–Trinajstić information content (AvgIpc) is 2.45. The van der Waals surface area contributed by atoms with Crippen LogP contribution < -0.4 is 11.1 Å². The first kappa shape index (κ1) is 16.0. The summed E-state index contributed by atoms with van der Waals surface area (Å²) in [5.74, 6) is 0.758. The summed E-state index contributed by atoms with van der Waals surface area (Å²) in [5.41, 5.74) is 9.09. The molecule has 1 amide bonds. The van der Waals surface area contributed by atoms with Gasteiger partial charge in [0.1, 0.15) is 0 Å². The van der Waals surface area contributed by atoms with E-state index in [4.69, 9.17) is 5.73 Å². The molecule has 0 spiro atoms. The summed E-state index contributed by atoms with van der Waals surface area (Å²) in [6.07, 6.45) is 2.24. The molecule has 0 radical (unpaired) electrons. The molecule has 0 saturated carbocycles. The van der Waals surface area contributed by atoms with Gasteiger partial charge in [0.05, 0.1) is 6.54 Å². The van der Waals surface area contributed by atoms with Gasteiger partial charge in [0.25, 0.3) is 0 Å². The summed E-state index contributed by atoms with van der Waals surface area (Å²) in [6, 6.07) is 6.32. The Bertz CT molecular complexity index is 501. The van der Waals surface area contributed by atoms with Crippen LogP contribution in [0.25, 0.3) is 0 Å². The molecule has 1 aliphatic heterocycles. The molecule has 1 aliphatic rings. The number of carbonyl (C=O) groups is 1. The fourth-order valence-electron chi connectivity index (χ4n) is 3.01. The molecule has 1 aromatic carbocycles. The molecule has 0 bridgehead atoms. The summed E-state index contributed by atoms with van der Waals surface area (Å²) >= 11 is 0. The second-order valence-electron chi connectivity index (χ2n) is 6.29. The Morgan fingerprint density at radius 3 is 2.90 bits per heavy atom. The van der Waals surface area contributed by atoms with Crippen LogP contribution in [0.5, 0.6) is 0 Å². The third-order valence-corrected chi connectivity index (χ3v) is 4.60. The lowest BCUT2D eigenvalue weighted by atomic mass is 9.92. The maximum Gasteiger partial charge on any atom is 0.238 e. The van der Waals surface area contributed by atoms with E-state index in [1.807, 2.05) is 19.1 Å². The lowest BCUT2D eigenvalue weighted by Crippen LogP contribution is -2.49. The topological polar surface area (TPSA) is 58.4 Å². The molecule has 4 nitrogen and oxygen atoms in total. The lowest BCUT2D eigenvalue weighted by molar-refractivity contribution is -0.118. The molecule has 2 rings (SSSR count). The Morgan fingerprint density at radius 2 is 2.19 bits per heavy atom. The minimum absolute atomic E-state index is 0.0525. The predicted molar refractivity (Wildman–Crippen MR) is 87.4 cm³/mol. The molecule has 1 aromatic rings. The molecule has 0 aliphatic carbocycles. The van der Waals surface area contributed by atoms with Gasteiger partial charge in [0.2, 0.25) is 5.91 Å². The van der Waals surface area contributed by atoms with Crippen molar-refractivity contribution in [3.63, 3.8) is 0 Å². The molecule has 3 N–H and O–H groups in total. The fraction of sp³-hybridized carbons (Fsp3) is 0.588. The number of aryl methyl sites for hydroxylation is 1. The number of hydrogen-bond acceptors (Lipinski definition) is 3. The van der Waals surface area contributed by atoms with Gasteiger partial charge in [-0.05, 0) is 56.3 Å². The first-order valence-corrected chi connectivity index (χ1v) is 7.81. The number of nitrogens with one attached hydrogen (secondary N) is 1. The number of nitrogens with two attached hydrogens (primary N) is 1. The molecule has 2 atom stereocenters. The van der Waals surface area contributed by atoms with E-state index in [1.54, 1.807) is 0 Å². The van der Waals surface area contributed by atoms with Gasteiger partial charge in [0.15, 0.2) is 0 Å². The number of benzene rings is 1. The zero-order valence-electron chi connectivity index (χ0n) is 13.4. The van der Waals surface area contributed by atoms with Crippen LogP contribution in [0, 0.1) is 19.8 Å². The van der Waals surface area contributed by atoms with E-state index in [9.17, 15) is 4.79 Å². The van der Waals surface area contributed by atoms with Crippen molar-refractivity contribution in [1.29, 1.82) is 0 Å². The number of anilines is 1. The van der Waals surface area contributed by atoms with E-state index in [2.05, 4.69) is 30.1 Å². The molecule has 1 saturated heterocycles. The zero-order valence-corrected chi connectivity index (χ0v) is 13.4. The number of rotatable bonds is 4. The van der Waals surface area contributed by atoms with Crippen molar-refractivity contribution in [3.05, 3.63) is 29.3 Å². The van der Waals surface area contributed by atoms with E-state index < -0.39 is 0 Å². The molecule has 21 heavy (non-hydrogen) atoms. The highest BCUT2D eigenvalue weighted by molar-refractivity contribution is 5.93. The van der Waals surface area contributed by atoms with Gasteiger partial charge in [-0.15, -0.1) is 0 Å². The van der Waals surface area contributed by atoms with E-state index in [1.165, 1.54) is 5.56 Å². The summed E-state index contributed by atoms with van der Waals surface area (Å²) in [5, 5.41) is 3.03. The van der Waals surface area contributed by atoms with Gasteiger partial charge in [-0.2, -0.15) is 0 Å². The van der Waals surface area contributed by atoms with Crippen LogP contribution in [0.15, 0.2) is 18.2 Å². The summed E-state index contributed by atoms with van der Waals surface area (Å²) in [7, 11) is 0. The Balaban J connectivity index is 1.96. The molecule has 116 valence electrons. The van der Waals surface area contributed by atoms with Crippen molar-refractivity contribution in [2.24, 2.45) is 11.7 Å². The lowest BCUT2D eigenvalue weighted by Gasteiger charge is -2.37. The van der Waals surface area contributed by atoms with Crippen LogP contribution in [0.4, 0.5) is 5.69 Å². The maximum atomic E-state index is 12.3. The van der Waals surface area contributed by atoms with Crippen molar-refractivity contribution in [1.82, 2.24) is 4.90 Å². The van der Waals surface area contributed by atoms with Crippen LogP contribution in [0.2, 0.25) is 0 Å². The maximum absolute atomic E-state index is 12.3. The number of amides is 1. The van der Waals surface area contributed by atoms with Crippen molar-refractivity contribution in [2.75, 3.05) is 25.0 Å². The van der Waals surface area contributed by atoms with E-state index in [0.29, 0.717) is 25.0 Å². The SMILES string of the molecule is Cc1cccc(NC(=O)CN2CCC(C)CC2CN)c1C. The minimum atomic E-state index is 0.0525. The standard InChI is InChI=1S/C17H27N3O/c1-12-7-8-20(15(9-12)10-18)11-17(21)19-16-6-4-5-13(2)14(16)3/h4-6,12,15H,7-11,18H2,1-3H3,(H,19,21). The van der Waals surface area contributed by atoms with Crippen LogP contribution in [0.3, 0.4) is 0 Å². The van der Waals surface area contributed by atoms with Crippen molar-refractivity contribution in [2.45, 2.75) is 39.7 Å². The average molecular weight is 289 g/mol. The van der Waals surface area contributed by atoms with Crippen molar-refractivity contribution in [3.8, 4) is 0 Å². The van der Waals surface area contributed by atoms with Gasteiger partial charge < -0.3 is 11.1 Å². The highest BCUT2D eigenvalue weighted by Gasteiger charge is 2.26. The summed E-state index contributed by atoms with van der Waals surface area (Å²) in [6.45, 7) is 8.38. The molecule has 0 aromatic heterocycles. The van der Waals surface area contributed by atoms with E-state index in [0.717, 1.165) is 30.6 Å². The van der Waals surface area contributed by atoms with Gasteiger partial charge in [0, 0.05) is 18.3 Å². The first-order valence-electron chi connectivity index (χ1n) is 7.81. The van der Waals surface area contributed by atoms with Crippen LogP contribution in [-0.4, -0.2) is 36.5 Å². The third kappa shape index (κ3) is 4.05. The Hall–Kier alpha value is -1.39. The number of piperidine rings is 1. The Labute approximate surface area is 127 Å². The van der Waals surface area contributed by atoms with Crippen LogP contribution in [-0.2, 0) is 4.79 Å². The van der Waals surface area contributed by atoms with Crippen molar-refractivity contribution >= 4 is 11.6 Å².